The van der Waals surface area contributed by atoms with Crippen molar-refractivity contribution in [1.29, 1.82) is 0 Å². The standard InChI is InChI=1S/C23H24Cl2N4O2S/c1-13-8-15(3)16(9-14(13)2)19-12-32-23(26-19)28-21(31)11-29(4)10-20(30)27-22-17(24)6-5-7-18(22)25/h5-9,12H,10-11H2,1-4H3,(H,27,30)(H,26,28,31). The molecule has 0 fully saturated rings. The molecule has 9 heteroatoms. The van der Waals surface area contributed by atoms with Crippen molar-refractivity contribution >= 4 is 57.2 Å². The maximum atomic E-state index is 12.4. The zero-order valence-electron chi connectivity index (χ0n) is 18.3. The van der Waals surface area contributed by atoms with Crippen molar-refractivity contribution in [2.75, 3.05) is 30.8 Å². The molecule has 2 aromatic carbocycles. The Morgan fingerprint density at radius 1 is 0.969 bits per heavy atom. The fourth-order valence-corrected chi connectivity index (χ4v) is 4.41. The predicted molar refractivity (Wildman–Crippen MR) is 133 cm³/mol. The average molecular weight is 491 g/mol. The van der Waals surface area contributed by atoms with E-state index in [-0.39, 0.29) is 24.9 Å². The highest BCUT2D eigenvalue weighted by Crippen LogP contribution is 2.30. The Morgan fingerprint density at radius 3 is 2.22 bits per heavy atom. The molecule has 0 saturated carbocycles. The number of thiazole rings is 1. The number of aryl methyl sites for hydroxylation is 3. The number of benzene rings is 2. The number of carbonyl (C=O) groups excluding carboxylic acids is 2. The van der Waals surface area contributed by atoms with Gasteiger partial charge in [0, 0.05) is 10.9 Å². The highest BCUT2D eigenvalue weighted by atomic mass is 35.5. The summed E-state index contributed by atoms with van der Waals surface area (Å²) in [7, 11) is 1.68. The Bertz CT molecular complexity index is 1140. The highest BCUT2D eigenvalue weighted by molar-refractivity contribution is 7.14. The first-order valence-electron chi connectivity index (χ1n) is 9.90. The summed E-state index contributed by atoms with van der Waals surface area (Å²) in [5, 5.41) is 8.63. The van der Waals surface area contributed by atoms with Gasteiger partial charge in [0.25, 0.3) is 0 Å². The molecule has 0 spiro atoms. The van der Waals surface area contributed by atoms with E-state index in [2.05, 4.69) is 48.5 Å². The molecular weight excluding hydrogens is 467 g/mol. The van der Waals surface area contributed by atoms with Gasteiger partial charge in [-0.1, -0.05) is 35.3 Å². The first-order chi connectivity index (χ1) is 15.1. The van der Waals surface area contributed by atoms with Gasteiger partial charge in [-0.2, -0.15) is 0 Å². The third kappa shape index (κ3) is 6.07. The van der Waals surface area contributed by atoms with Crippen molar-refractivity contribution in [3.05, 3.63) is 62.4 Å². The van der Waals surface area contributed by atoms with Gasteiger partial charge in [-0.15, -0.1) is 11.3 Å². The number of anilines is 2. The van der Waals surface area contributed by atoms with Crippen LogP contribution in [0.15, 0.2) is 35.7 Å². The number of nitrogens with zero attached hydrogens (tertiary/aromatic N) is 2. The van der Waals surface area contributed by atoms with E-state index in [1.807, 2.05) is 5.38 Å². The molecule has 6 nitrogen and oxygen atoms in total. The minimum Gasteiger partial charge on any atom is -0.322 e. The molecule has 0 aliphatic heterocycles. The zero-order valence-corrected chi connectivity index (χ0v) is 20.6. The lowest BCUT2D eigenvalue weighted by molar-refractivity contribution is -0.119. The van der Waals surface area contributed by atoms with Gasteiger partial charge in [-0.05, 0) is 62.7 Å². The highest BCUT2D eigenvalue weighted by Gasteiger charge is 2.15. The van der Waals surface area contributed by atoms with Gasteiger partial charge in [0.2, 0.25) is 11.8 Å². The number of rotatable bonds is 7. The van der Waals surface area contributed by atoms with Gasteiger partial charge in [-0.3, -0.25) is 14.5 Å². The lowest BCUT2D eigenvalue weighted by Gasteiger charge is -2.16. The van der Waals surface area contributed by atoms with Crippen molar-refractivity contribution in [2.24, 2.45) is 0 Å². The second-order valence-corrected chi connectivity index (χ2v) is 9.33. The molecule has 0 aliphatic carbocycles. The number of hydrogen-bond donors (Lipinski definition) is 2. The summed E-state index contributed by atoms with van der Waals surface area (Å²) >= 11 is 13.5. The first-order valence-corrected chi connectivity index (χ1v) is 11.5. The van der Waals surface area contributed by atoms with E-state index in [9.17, 15) is 9.59 Å². The van der Waals surface area contributed by atoms with E-state index >= 15 is 0 Å². The smallest absolute Gasteiger partial charge is 0.240 e. The number of carbonyl (C=O) groups is 2. The number of likely N-dealkylation sites (N-methyl/N-ethyl adjacent to an activating group) is 1. The van der Waals surface area contributed by atoms with Crippen LogP contribution >= 0.6 is 34.5 Å². The molecule has 168 valence electrons. The van der Waals surface area contributed by atoms with Gasteiger partial charge in [0.05, 0.1) is 34.5 Å². The van der Waals surface area contributed by atoms with Crippen LogP contribution in [0.3, 0.4) is 0 Å². The van der Waals surface area contributed by atoms with E-state index in [0.29, 0.717) is 20.9 Å². The summed E-state index contributed by atoms with van der Waals surface area (Å²) in [5.41, 5.74) is 5.81. The number of aromatic nitrogens is 1. The van der Waals surface area contributed by atoms with Crippen LogP contribution in [0.2, 0.25) is 10.0 Å². The minimum absolute atomic E-state index is 0.0000703. The Balaban J connectivity index is 1.56. The predicted octanol–water partition coefficient (Wildman–Crippen LogP) is 5.55. The molecule has 0 saturated heterocycles. The summed E-state index contributed by atoms with van der Waals surface area (Å²) in [4.78, 5) is 30.9. The molecular formula is C23H24Cl2N4O2S. The summed E-state index contributed by atoms with van der Waals surface area (Å²) in [6.07, 6.45) is 0. The van der Waals surface area contributed by atoms with Crippen molar-refractivity contribution in [3.63, 3.8) is 0 Å². The van der Waals surface area contributed by atoms with Crippen LogP contribution in [-0.4, -0.2) is 41.8 Å². The Hall–Kier alpha value is -2.45. The molecule has 2 N–H and O–H groups in total. The van der Waals surface area contributed by atoms with Crippen LogP contribution in [0.5, 0.6) is 0 Å². The van der Waals surface area contributed by atoms with Gasteiger partial charge in [-0.25, -0.2) is 4.98 Å². The van der Waals surface area contributed by atoms with Gasteiger partial charge < -0.3 is 10.6 Å². The minimum atomic E-state index is -0.322. The van der Waals surface area contributed by atoms with Crippen LogP contribution in [-0.2, 0) is 9.59 Å². The molecule has 1 aromatic heterocycles. The summed E-state index contributed by atoms with van der Waals surface area (Å²) in [5.74, 6) is -0.578. The molecule has 1 heterocycles. The zero-order chi connectivity index (χ0) is 23.4. The number of amides is 2. The number of para-hydroxylation sites is 1. The van der Waals surface area contributed by atoms with Crippen LogP contribution < -0.4 is 10.6 Å². The van der Waals surface area contributed by atoms with E-state index in [1.54, 1.807) is 30.1 Å². The molecule has 0 unspecified atom stereocenters. The van der Waals surface area contributed by atoms with E-state index in [1.165, 1.54) is 22.5 Å². The van der Waals surface area contributed by atoms with Gasteiger partial charge in [0.1, 0.15) is 0 Å². The van der Waals surface area contributed by atoms with Gasteiger partial charge in [0.15, 0.2) is 5.13 Å². The van der Waals surface area contributed by atoms with E-state index < -0.39 is 0 Å². The molecule has 2 amide bonds. The molecule has 32 heavy (non-hydrogen) atoms. The summed E-state index contributed by atoms with van der Waals surface area (Å²) in [6, 6.07) is 9.23. The maximum absolute atomic E-state index is 12.4. The molecule has 0 aliphatic rings. The second-order valence-electron chi connectivity index (χ2n) is 7.65. The van der Waals surface area contributed by atoms with E-state index in [4.69, 9.17) is 23.2 Å². The fraction of sp³-hybridized carbons (Fsp3) is 0.261. The fourth-order valence-electron chi connectivity index (χ4n) is 3.19. The molecule has 0 bridgehead atoms. The van der Waals surface area contributed by atoms with E-state index in [0.717, 1.165) is 16.8 Å². The van der Waals surface area contributed by atoms with Crippen LogP contribution in [0.4, 0.5) is 10.8 Å². The maximum Gasteiger partial charge on any atom is 0.240 e. The second kappa shape index (κ2) is 10.4. The topological polar surface area (TPSA) is 74.3 Å². The van der Waals surface area contributed by atoms with Crippen LogP contribution in [0, 0.1) is 20.8 Å². The Morgan fingerprint density at radius 2 is 1.56 bits per heavy atom. The lowest BCUT2D eigenvalue weighted by Crippen LogP contribution is -2.36. The number of halogens is 2. The number of nitrogens with one attached hydrogen (secondary N) is 2. The summed E-state index contributed by atoms with van der Waals surface area (Å²) in [6.45, 7) is 6.23. The quantitative estimate of drug-likeness (QED) is 0.455. The third-order valence-corrected chi connectivity index (χ3v) is 6.31. The monoisotopic (exact) mass is 490 g/mol. The Kier molecular flexibility index (Phi) is 7.90. The SMILES string of the molecule is Cc1cc(C)c(-c2csc(NC(=O)CN(C)CC(=O)Nc3c(Cl)cccc3Cl)n2)cc1C. The largest absolute Gasteiger partial charge is 0.322 e. The molecule has 3 aromatic rings. The Labute approximate surface area is 201 Å². The van der Waals surface area contributed by atoms with Crippen molar-refractivity contribution in [2.45, 2.75) is 20.8 Å². The third-order valence-electron chi connectivity index (χ3n) is 4.92. The summed E-state index contributed by atoms with van der Waals surface area (Å²) < 4.78 is 0. The van der Waals surface area contributed by atoms with Crippen molar-refractivity contribution in [1.82, 2.24) is 9.88 Å². The van der Waals surface area contributed by atoms with Crippen LogP contribution in [0.25, 0.3) is 11.3 Å². The molecule has 0 atom stereocenters. The van der Waals surface area contributed by atoms with Crippen LogP contribution in [0.1, 0.15) is 16.7 Å². The first kappa shape index (κ1) is 24.2. The molecule has 0 radical (unpaired) electrons. The molecule has 3 rings (SSSR count). The normalized spacial score (nSPS) is 11.0. The van der Waals surface area contributed by atoms with Crippen molar-refractivity contribution in [3.8, 4) is 11.3 Å². The van der Waals surface area contributed by atoms with Gasteiger partial charge >= 0.3 is 0 Å². The lowest BCUT2D eigenvalue weighted by atomic mass is 9.99. The van der Waals surface area contributed by atoms with Crippen molar-refractivity contribution < 1.29 is 9.59 Å². The number of hydrogen-bond acceptors (Lipinski definition) is 5. The average Bonchev–Trinajstić information content (AvgIpc) is 3.15.